The van der Waals surface area contributed by atoms with Gasteiger partial charge in [-0.1, -0.05) is 6.07 Å². The molecule has 2 N–H and O–H groups in total. The highest BCUT2D eigenvalue weighted by Gasteiger charge is 2.20. The first-order chi connectivity index (χ1) is 7.18. The lowest BCUT2D eigenvalue weighted by atomic mass is 9.88. The summed E-state index contributed by atoms with van der Waals surface area (Å²) in [5.41, 5.74) is 7.94. The molecule has 15 heavy (non-hydrogen) atoms. The Morgan fingerprint density at radius 3 is 2.93 bits per heavy atom. The predicted molar refractivity (Wildman–Crippen MR) is 59.6 cm³/mol. The molecule has 0 aromatic heterocycles. The maximum Gasteiger partial charge on any atom is 0.123 e. The number of nitrogens with two attached hydrogens (primary N) is 1. The second kappa shape index (κ2) is 4.01. The summed E-state index contributed by atoms with van der Waals surface area (Å²) in [6, 6.07) is 4.87. The Hall–Kier alpha value is -1.38. The number of hydrogen-bond donors (Lipinski definition) is 1. The zero-order valence-electron chi connectivity index (χ0n) is 8.83. The van der Waals surface area contributed by atoms with E-state index in [0.29, 0.717) is 5.84 Å². The summed E-state index contributed by atoms with van der Waals surface area (Å²) in [5, 5.41) is 0. The Morgan fingerprint density at radius 1 is 1.47 bits per heavy atom. The molecule has 0 aliphatic carbocycles. The van der Waals surface area contributed by atoms with Crippen molar-refractivity contribution in [2.75, 3.05) is 6.54 Å². The number of amidine groups is 1. The summed E-state index contributed by atoms with van der Waals surface area (Å²) in [5.74, 6) is 0.679. The maximum absolute atomic E-state index is 13.0. The second-order valence-electron chi connectivity index (χ2n) is 4.00. The molecule has 1 aromatic rings. The molecule has 1 aliphatic rings. The predicted octanol–water partition coefficient (Wildman–Crippen LogP) is 2.37. The van der Waals surface area contributed by atoms with Crippen LogP contribution in [0, 0.1) is 12.7 Å². The fraction of sp³-hybridized carbons (Fsp3) is 0.417. The fourth-order valence-electron chi connectivity index (χ4n) is 2.11. The van der Waals surface area contributed by atoms with Gasteiger partial charge >= 0.3 is 0 Å². The van der Waals surface area contributed by atoms with E-state index in [-0.39, 0.29) is 11.7 Å². The van der Waals surface area contributed by atoms with Crippen LogP contribution in [-0.2, 0) is 0 Å². The van der Waals surface area contributed by atoms with Crippen molar-refractivity contribution in [1.82, 2.24) is 0 Å². The molecule has 0 bridgehead atoms. The van der Waals surface area contributed by atoms with Crippen LogP contribution in [0.1, 0.15) is 29.9 Å². The van der Waals surface area contributed by atoms with E-state index < -0.39 is 0 Å². The molecule has 2 rings (SSSR count). The summed E-state index contributed by atoms with van der Waals surface area (Å²) in [7, 11) is 0. The van der Waals surface area contributed by atoms with Crippen molar-refractivity contribution < 1.29 is 4.39 Å². The van der Waals surface area contributed by atoms with Crippen LogP contribution in [0.2, 0.25) is 0 Å². The quantitative estimate of drug-likeness (QED) is 0.752. The molecule has 0 amide bonds. The van der Waals surface area contributed by atoms with Crippen molar-refractivity contribution in [2.45, 2.75) is 25.7 Å². The van der Waals surface area contributed by atoms with Crippen LogP contribution in [0.5, 0.6) is 0 Å². The van der Waals surface area contributed by atoms with Crippen molar-refractivity contribution in [1.29, 1.82) is 0 Å². The van der Waals surface area contributed by atoms with Gasteiger partial charge in [0.2, 0.25) is 0 Å². The van der Waals surface area contributed by atoms with E-state index in [1.165, 1.54) is 6.07 Å². The molecule has 0 spiro atoms. The molecule has 2 nitrogen and oxygen atoms in total. The molecule has 0 saturated carbocycles. The Balaban J connectivity index is 2.36. The first kappa shape index (κ1) is 10.1. The van der Waals surface area contributed by atoms with Gasteiger partial charge in [0, 0.05) is 12.5 Å². The SMILES string of the molecule is Cc1cc(F)ccc1C1CCCN=C1N. The Labute approximate surface area is 89.0 Å². The molecule has 0 fully saturated rings. The monoisotopic (exact) mass is 206 g/mol. The largest absolute Gasteiger partial charge is 0.387 e. The van der Waals surface area contributed by atoms with Gasteiger partial charge in [-0.25, -0.2) is 4.39 Å². The molecule has 80 valence electrons. The van der Waals surface area contributed by atoms with Gasteiger partial charge in [0.1, 0.15) is 11.7 Å². The lowest BCUT2D eigenvalue weighted by Gasteiger charge is -2.22. The molecule has 0 radical (unpaired) electrons. The third-order valence-corrected chi connectivity index (χ3v) is 2.91. The van der Waals surface area contributed by atoms with Gasteiger partial charge in [0.25, 0.3) is 0 Å². The number of aliphatic imine (C=N–C) groups is 1. The van der Waals surface area contributed by atoms with Crippen molar-refractivity contribution in [3.05, 3.63) is 35.1 Å². The number of nitrogens with zero attached hydrogens (tertiary/aromatic N) is 1. The zero-order valence-corrected chi connectivity index (χ0v) is 8.83. The highest BCUT2D eigenvalue weighted by molar-refractivity contribution is 5.88. The van der Waals surface area contributed by atoms with Crippen LogP contribution in [0.3, 0.4) is 0 Å². The Bertz CT molecular complexity index is 399. The van der Waals surface area contributed by atoms with Crippen molar-refractivity contribution >= 4 is 5.84 Å². The van der Waals surface area contributed by atoms with E-state index in [4.69, 9.17) is 5.73 Å². The topological polar surface area (TPSA) is 38.4 Å². The number of aryl methyl sites for hydroxylation is 1. The average molecular weight is 206 g/mol. The first-order valence-corrected chi connectivity index (χ1v) is 5.24. The lowest BCUT2D eigenvalue weighted by Crippen LogP contribution is -2.26. The van der Waals surface area contributed by atoms with Gasteiger partial charge in [0.15, 0.2) is 0 Å². The number of rotatable bonds is 1. The third kappa shape index (κ3) is 2.01. The number of hydrogen-bond acceptors (Lipinski definition) is 2. The van der Waals surface area contributed by atoms with E-state index in [2.05, 4.69) is 4.99 Å². The van der Waals surface area contributed by atoms with Gasteiger partial charge in [-0.05, 0) is 43.0 Å². The van der Waals surface area contributed by atoms with E-state index >= 15 is 0 Å². The molecule has 3 heteroatoms. The first-order valence-electron chi connectivity index (χ1n) is 5.24. The van der Waals surface area contributed by atoms with E-state index in [9.17, 15) is 4.39 Å². The normalized spacial score (nSPS) is 21.2. The van der Waals surface area contributed by atoms with Crippen LogP contribution in [0.25, 0.3) is 0 Å². The molecule has 1 unspecified atom stereocenters. The zero-order chi connectivity index (χ0) is 10.8. The van der Waals surface area contributed by atoms with Gasteiger partial charge in [0.05, 0.1) is 0 Å². The van der Waals surface area contributed by atoms with Crippen molar-refractivity contribution in [3.63, 3.8) is 0 Å². The van der Waals surface area contributed by atoms with E-state index in [1.54, 1.807) is 6.07 Å². The van der Waals surface area contributed by atoms with Gasteiger partial charge < -0.3 is 5.73 Å². The fourth-order valence-corrected chi connectivity index (χ4v) is 2.11. The van der Waals surface area contributed by atoms with Crippen LogP contribution in [0.15, 0.2) is 23.2 Å². The number of benzene rings is 1. The van der Waals surface area contributed by atoms with Crippen molar-refractivity contribution in [3.8, 4) is 0 Å². The third-order valence-electron chi connectivity index (χ3n) is 2.91. The van der Waals surface area contributed by atoms with E-state index in [1.807, 2.05) is 13.0 Å². The summed E-state index contributed by atoms with van der Waals surface area (Å²) < 4.78 is 13.0. The van der Waals surface area contributed by atoms with Gasteiger partial charge in [-0.3, -0.25) is 4.99 Å². The Kier molecular flexibility index (Phi) is 2.71. The summed E-state index contributed by atoms with van der Waals surface area (Å²) in [4.78, 5) is 4.25. The van der Waals surface area contributed by atoms with Gasteiger partial charge in [-0.15, -0.1) is 0 Å². The molecule has 1 aliphatic heterocycles. The summed E-state index contributed by atoms with van der Waals surface area (Å²) in [6.45, 7) is 2.74. The molecule has 0 saturated heterocycles. The molecule has 1 heterocycles. The standard InChI is InChI=1S/C12H15FN2/c1-8-7-9(13)4-5-10(8)11-3-2-6-15-12(11)14/h4-5,7,11H,2-3,6H2,1H3,(H2,14,15). The maximum atomic E-state index is 13.0. The molecule has 1 aromatic carbocycles. The van der Waals surface area contributed by atoms with Crippen LogP contribution in [-0.4, -0.2) is 12.4 Å². The summed E-state index contributed by atoms with van der Waals surface area (Å²) >= 11 is 0. The Morgan fingerprint density at radius 2 is 2.27 bits per heavy atom. The van der Waals surface area contributed by atoms with Crippen LogP contribution >= 0.6 is 0 Å². The molecule has 1 atom stereocenters. The lowest BCUT2D eigenvalue weighted by molar-refractivity contribution is 0.621. The molecular weight excluding hydrogens is 191 g/mol. The van der Waals surface area contributed by atoms with Gasteiger partial charge in [-0.2, -0.15) is 0 Å². The second-order valence-corrected chi connectivity index (χ2v) is 4.00. The highest BCUT2D eigenvalue weighted by atomic mass is 19.1. The molecular formula is C12H15FN2. The minimum atomic E-state index is -0.192. The summed E-state index contributed by atoms with van der Waals surface area (Å²) in [6.07, 6.45) is 2.07. The smallest absolute Gasteiger partial charge is 0.123 e. The number of halogens is 1. The van der Waals surface area contributed by atoms with Crippen LogP contribution < -0.4 is 5.73 Å². The average Bonchev–Trinajstić information content (AvgIpc) is 2.20. The minimum Gasteiger partial charge on any atom is -0.387 e. The highest BCUT2D eigenvalue weighted by Crippen LogP contribution is 2.27. The van der Waals surface area contributed by atoms with Crippen molar-refractivity contribution in [2.24, 2.45) is 10.7 Å². The minimum absolute atomic E-state index is 0.180. The van der Waals surface area contributed by atoms with E-state index in [0.717, 1.165) is 30.5 Å². The van der Waals surface area contributed by atoms with Crippen LogP contribution in [0.4, 0.5) is 4.39 Å².